The van der Waals surface area contributed by atoms with Crippen LogP contribution in [0.2, 0.25) is 0 Å². The fourth-order valence-corrected chi connectivity index (χ4v) is 4.14. The van der Waals surface area contributed by atoms with Crippen LogP contribution in [0, 0.1) is 5.92 Å². The summed E-state index contributed by atoms with van der Waals surface area (Å²) in [4.78, 5) is 23.3. The maximum atomic E-state index is 12.6. The van der Waals surface area contributed by atoms with Crippen LogP contribution in [-0.4, -0.2) is 60.0 Å². The molecule has 9 heteroatoms. The zero-order chi connectivity index (χ0) is 18.7. The SMILES string of the molecule is CC(O)(CNC(=O)C1CCCN(S(=O)(=O)c2ccccc2)C1)C(=O)O. The summed E-state index contributed by atoms with van der Waals surface area (Å²) in [6.07, 6.45) is 1.03. The zero-order valence-corrected chi connectivity index (χ0v) is 14.7. The predicted octanol–water partition coefficient (Wildman–Crippen LogP) is 0.0391. The van der Waals surface area contributed by atoms with Gasteiger partial charge in [0.15, 0.2) is 5.60 Å². The van der Waals surface area contributed by atoms with Gasteiger partial charge in [0.1, 0.15) is 0 Å². The molecule has 2 rings (SSSR count). The van der Waals surface area contributed by atoms with Crippen molar-refractivity contribution in [3.8, 4) is 0 Å². The highest BCUT2D eigenvalue weighted by molar-refractivity contribution is 7.89. The Bertz CT molecular complexity index is 732. The number of hydrogen-bond acceptors (Lipinski definition) is 5. The summed E-state index contributed by atoms with van der Waals surface area (Å²) in [5.41, 5.74) is -2.07. The second kappa shape index (κ2) is 7.51. The van der Waals surface area contributed by atoms with Gasteiger partial charge in [-0.15, -0.1) is 0 Å². The van der Waals surface area contributed by atoms with E-state index in [1.165, 1.54) is 16.4 Å². The van der Waals surface area contributed by atoms with E-state index in [0.717, 1.165) is 6.92 Å². The first kappa shape index (κ1) is 19.4. The molecule has 2 atom stereocenters. The number of amides is 1. The lowest BCUT2D eigenvalue weighted by Crippen LogP contribution is -2.50. The molecule has 2 unspecified atom stereocenters. The van der Waals surface area contributed by atoms with Crippen LogP contribution in [0.15, 0.2) is 35.2 Å². The molecule has 8 nitrogen and oxygen atoms in total. The smallest absolute Gasteiger partial charge is 0.337 e. The van der Waals surface area contributed by atoms with Gasteiger partial charge >= 0.3 is 5.97 Å². The number of benzene rings is 1. The van der Waals surface area contributed by atoms with E-state index in [2.05, 4.69) is 5.32 Å². The van der Waals surface area contributed by atoms with E-state index in [9.17, 15) is 23.1 Å². The lowest BCUT2D eigenvalue weighted by atomic mass is 9.98. The molecule has 1 fully saturated rings. The van der Waals surface area contributed by atoms with Gasteiger partial charge in [0.2, 0.25) is 15.9 Å². The third-order valence-electron chi connectivity index (χ3n) is 4.20. The number of sulfonamides is 1. The molecule has 0 aromatic heterocycles. The van der Waals surface area contributed by atoms with Crippen molar-refractivity contribution in [2.45, 2.75) is 30.3 Å². The molecule has 0 aliphatic carbocycles. The summed E-state index contributed by atoms with van der Waals surface area (Å²) in [7, 11) is -3.68. The van der Waals surface area contributed by atoms with E-state index in [0.29, 0.717) is 19.4 Å². The molecular formula is C16H22N2O6S. The van der Waals surface area contributed by atoms with Crippen LogP contribution in [0.4, 0.5) is 0 Å². The highest BCUT2D eigenvalue weighted by Crippen LogP contribution is 2.23. The number of piperidine rings is 1. The van der Waals surface area contributed by atoms with Gasteiger partial charge in [-0.1, -0.05) is 18.2 Å². The van der Waals surface area contributed by atoms with Crippen LogP contribution in [0.1, 0.15) is 19.8 Å². The molecule has 1 aromatic carbocycles. The monoisotopic (exact) mass is 370 g/mol. The van der Waals surface area contributed by atoms with E-state index in [1.54, 1.807) is 18.2 Å². The number of nitrogens with zero attached hydrogens (tertiary/aromatic N) is 1. The maximum absolute atomic E-state index is 12.6. The van der Waals surface area contributed by atoms with E-state index in [4.69, 9.17) is 5.11 Å². The Morgan fingerprint density at radius 1 is 1.32 bits per heavy atom. The quantitative estimate of drug-likeness (QED) is 0.649. The molecule has 1 amide bonds. The molecule has 0 radical (unpaired) electrons. The number of hydrogen-bond donors (Lipinski definition) is 3. The van der Waals surface area contributed by atoms with Gasteiger partial charge < -0.3 is 15.5 Å². The van der Waals surface area contributed by atoms with Gasteiger partial charge in [-0.2, -0.15) is 4.31 Å². The third kappa shape index (κ3) is 4.56. The molecule has 25 heavy (non-hydrogen) atoms. The zero-order valence-electron chi connectivity index (χ0n) is 13.9. The number of nitrogens with one attached hydrogen (secondary N) is 1. The maximum Gasteiger partial charge on any atom is 0.337 e. The number of aliphatic hydroxyl groups is 1. The summed E-state index contributed by atoms with van der Waals surface area (Å²) >= 11 is 0. The Balaban J connectivity index is 2.03. The molecule has 0 spiro atoms. The number of aliphatic carboxylic acids is 1. The van der Waals surface area contributed by atoms with Crippen molar-refractivity contribution < 1.29 is 28.2 Å². The van der Waals surface area contributed by atoms with Crippen molar-refractivity contribution in [1.82, 2.24) is 9.62 Å². The van der Waals surface area contributed by atoms with Gasteiger partial charge in [0, 0.05) is 13.1 Å². The minimum Gasteiger partial charge on any atom is -0.479 e. The molecule has 1 aliphatic rings. The standard InChI is InChI=1S/C16H22N2O6S/c1-16(22,15(20)21)11-17-14(19)12-6-5-9-18(10-12)25(23,24)13-7-3-2-4-8-13/h2-4,7-8,12,22H,5-6,9-11H2,1H3,(H,17,19)(H,20,21). The van der Waals surface area contributed by atoms with E-state index >= 15 is 0 Å². The van der Waals surface area contributed by atoms with Gasteiger partial charge in [-0.3, -0.25) is 4.79 Å². The highest BCUT2D eigenvalue weighted by Gasteiger charge is 2.35. The van der Waals surface area contributed by atoms with Crippen molar-refractivity contribution in [2.75, 3.05) is 19.6 Å². The van der Waals surface area contributed by atoms with Crippen molar-refractivity contribution in [3.63, 3.8) is 0 Å². The lowest BCUT2D eigenvalue weighted by Gasteiger charge is -2.31. The third-order valence-corrected chi connectivity index (χ3v) is 6.08. The van der Waals surface area contributed by atoms with Crippen molar-refractivity contribution in [3.05, 3.63) is 30.3 Å². The average Bonchev–Trinajstić information content (AvgIpc) is 2.60. The van der Waals surface area contributed by atoms with Crippen molar-refractivity contribution >= 4 is 21.9 Å². The topological polar surface area (TPSA) is 124 Å². The van der Waals surface area contributed by atoms with Gasteiger partial charge in [-0.25, -0.2) is 13.2 Å². The van der Waals surface area contributed by atoms with Crippen LogP contribution < -0.4 is 5.32 Å². The summed E-state index contributed by atoms with van der Waals surface area (Å²) in [6, 6.07) is 8.00. The highest BCUT2D eigenvalue weighted by atomic mass is 32.2. The van der Waals surface area contributed by atoms with Gasteiger partial charge in [0.25, 0.3) is 0 Å². The van der Waals surface area contributed by atoms with Crippen LogP contribution in [-0.2, 0) is 19.6 Å². The number of carboxylic acid groups (broad SMARTS) is 1. The lowest BCUT2D eigenvalue weighted by molar-refractivity contribution is -0.156. The number of carbonyl (C=O) groups excluding carboxylic acids is 1. The molecule has 0 saturated carbocycles. The predicted molar refractivity (Wildman–Crippen MR) is 89.2 cm³/mol. The fraction of sp³-hybridized carbons (Fsp3) is 0.500. The summed E-state index contributed by atoms with van der Waals surface area (Å²) in [5.74, 6) is -2.49. The first-order chi connectivity index (χ1) is 11.6. The average molecular weight is 370 g/mol. The fourth-order valence-electron chi connectivity index (χ4n) is 2.60. The molecular weight excluding hydrogens is 348 g/mol. The van der Waals surface area contributed by atoms with E-state index in [1.807, 2.05) is 0 Å². The molecule has 0 bridgehead atoms. The van der Waals surface area contributed by atoms with E-state index in [-0.39, 0.29) is 11.4 Å². The van der Waals surface area contributed by atoms with Crippen LogP contribution in [0.5, 0.6) is 0 Å². The Kier molecular flexibility index (Phi) is 5.81. The number of carboxylic acids is 1. The number of carbonyl (C=O) groups is 2. The first-order valence-corrected chi connectivity index (χ1v) is 9.37. The molecule has 1 saturated heterocycles. The Labute approximate surface area is 146 Å². The molecule has 1 aliphatic heterocycles. The minimum absolute atomic E-state index is 0.0261. The largest absolute Gasteiger partial charge is 0.479 e. The molecule has 138 valence electrons. The van der Waals surface area contributed by atoms with Crippen molar-refractivity contribution in [2.24, 2.45) is 5.92 Å². The second-order valence-corrected chi connectivity index (χ2v) is 8.25. The van der Waals surface area contributed by atoms with Crippen molar-refractivity contribution in [1.29, 1.82) is 0 Å². The molecule has 3 N–H and O–H groups in total. The van der Waals surface area contributed by atoms with Gasteiger partial charge in [-0.05, 0) is 31.9 Å². The first-order valence-electron chi connectivity index (χ1n) is 7.93. The Morgan fingerprint density at radius 2 is 1.96 bits per heavy atom. The van der Waals surface area contributed by atoms with Gasteiger partial charge in [0.05, 0.1) is 17.4 Å². The van der Waals surface area contributed by atoms with Crippen LogP contribution in [0.25, 0.3) is 0 Å². The van der Waals surface area contributed by atoms with E-state index < -0.39 is 40.0 Å². The van der Waals surface area contributed by atoms with Crippen LogP contribution >= 0.6 is 0 Å². The summed E-state index contributed by atoms with van der Waals surface area (Å²) in [6.45, 7) is 0.998. The second-order valence-electron chi connectivity index (χ2n) is 6.31. The number of rotatable bonds is 6. The summed E-state index contributed by atoms with van der Waals surface area (Å²) < 4.78 is 26.5. The molecule has 1 aromatic rings. The minimum atomic E-state index is -3.68. The molecule has 1 heterocycles. The Morgan fingerprint density at radius 3 is 2.56 bits per heavy atom. The Hall–Kier alpha value is -1.97. The summed E-state index contributed by atoms with van der Waals surface area (Å²) in [5, 5.41) is 20.9. The van der Waals surface area contributed by atoms with Crippen LogP contribution in [0.3, 0.4) is 0 Å². The normalized spacial score (nSPS) is 21.3.